The maximum atomic E-state index is 11.3. The summed E-state index contributed by atoms with van der Waals surface area (Å²) in [6, 6.07) is 0. The van der Waals surface area contributed by atoms with Gasteiger partial charge in [-0.2, -0.15) is 0 Å². The Hall–Kier alpha value is -0.910. The van der Waals surface area contributed by atoms with Gasteiger partial charge in [0.25, 0.3) is 0 Å². The summed E-state index contributed by atoms with van der Waals surface area (Å²) in [5, 5.41) is 3.15. The number of rotatable bonds is 7. The Balaban J connectivity index is 2.27. The van der Waals surface area contributed by atoms with Crippen molar-refractivity contribution in [2.45, 2.75) is 18.9 Å². The minimum absolute atomic E-state index is 0.269. The molecule has 1 atom stereocenters. The Morgan fingerprint density at radius 2 is 2.35 bits per heavy atom. The number of hydrogen-bond acceptors (Lipinski definition) is 5. The van der Waals surface area contributed by atoms with E-state index in [4.69, 9.17) is 14.2 Å². The molecule has 0 amide bonds. The molecule has 5 heteroatoms. The first-order valence-electron chi connectivity index (χ1n) is 5.82. The van der Waals surface area contributed by atoms with Crippen LogP contribution in [0.1, 0.15) is 13.3 Å². The zero-order valence-electron chi connectivity index (χ0n) is 10.6. The molecule has 1 aliphatic heterocycles. The molecule has 1 fully saturated rings. The minimum Gasteiger partial charge on any atom is -0.463 e. The first-order valence-corrected chi connectivity index (χ1v) is 5.82. The van der Waals surface area contributed by atoms with E-state index in [0.29, 0.717) is 38.5 Å². The van der Waals surface area contributed by atoms with E-state index in [9.17, 15) is 4.79 Å². The smallest absolute Gasteiger partial charge is 0.334 e. The van der Waals surface area contributed by atoms with Crippen LogP contribution in [0.3, 0.4) is 0 Å². The molecule has 98 valence electrons. The fourth-order valence-corrected chi connectivity index (χ4v) is 1.71. The lowest BCUT2D eigenvalue weighted by Gasteiger charge is -2.26. The van der Waals surface area contributed by atoms with Crippen molar-refractivity contribution in [3.05, 3.63) is 12.2 Å². The summed E-state index contributed by atoms with van der Waals surface area (Å²) in [4.78, 5) is 11.3. The average molecular weight is 243 g/mol. The third-order valence-electron chi connectivity index (χ3n) is 2.85. The van der Waals surface area contributed by atoms with Crippen LogP contribution in [-0.2, 0) is 19.0 Å². The van der Waals surface area contributed by atoms with E-state index in [1.54, 1.807) is 14.0 Å². The lowest BCUT2D eigenvalue weighted by Crippen LogP contribution is -2.43. The van der Waals surface area contributed by atoms with Crippen LogP contribution in [0.4, 0.5) is 0 Å². The van der Waals surface area contributed by atoms with E-state index in [1.807, 2.05) is 0 Å². The van der Waals surface area contributed by atoms with Crippen molar-refractivity contribution in [2.75, 3.05) is 40.0 Å². The van der Waals surface area contributed by atoms with Gasteiger partial charge in [0.15, 0.2) is 0 Å². The fraction of sp³-hybridized carbons (Fsp3) is 0.750. The number of nitrogens with one attached hydrogen (secondary N) is 1. The number of ether oxygens (including phenoxy) is 3. The van der Waals surface area contributed by atoms with Gasteiger partial charge < -0.3 is 19.5 Å². The molecule has 0 aromatic carbocycles. The summed E-state index contributed by atoms with van der Waals surface area (Å²) in [5.41, 5.74) is 0.159. The fourth-order valence-electron chi connectivity index (χ4n) is 1.71. The Labute approximate surface area is 102 Å². The lowest BCUT2D eigenvalue weighted by molar-refractivity contribution is -0.138. The summed E-state index contributed by atoms with van der Waals surface area (Å²) >= 11 is 0. The second-order valence-electron chi connectivity index (χ2n) is 4.12. The van der Waals surface area contributed by atoms with Gasteiger partial charge in [-0.1, -0.05) is 6.58 Å². The topological polar surface area (TPSA) is 56.8 Å². The average Bonchev–Trinajstić information content (AvgIpc) is 2.78. The van der Waals surface area contributed by atoms with E-state index in [2.05, 4.69) is 11.9 Å². The number of carbonyl (C=O) groups excluding carboxylic acids is 1. The molecule has 0 aliphatic carbocycles. The molecule has 1 heterocycles. The highest BCUT2D eigenvalue weighted by molar-refractivity contribution is 5.88. The van der Waals surface area contributed by atoms with Crippen LogP contribution in [0.15, 0.2) is 12.2 Å². The predicted molar refractivity (Wildman–Crippen MR) is 63.8 cm³/mol. The van der Waals surface area contributed by atoms with Crippen LogP contribution in [0.25, 0.3) is 0 Å². The molecule has 1 rings (SSSR count). The monoisotopic (exact) mass is 243 g/mol. The maximum absolute atomic E-state index is 11.3. The largest absolute Gasteiger partial charge is 0.463 e. The Kier molecular flexibility index (Phi) is 5.61. The Bertz CT molecular complexity index is 272. The van der Waals surface area contributed by atoms with Gasteiger partial charge in [-0.15, -0.1) is 0 Å². The molecule has 0 radical (unpaired) electrons. The number of esters is 1. The molecule has 1 unspecified atom stereocenters. The molecule has 0 saturated carbocycles. The van der Waals surface area contributed by atoms with Crippen LogP contribution < -0.4 is 5.32 Å². The Morgan fingerprint density at radius 1 is 1.59 bits per heavy atom. The van der Waals surface area contributed by atoms with E-state index < -0.39 is 0 Å². The molecule has 1 N–H and O–H groups in total. The molecule has 5 nitrogen and oxygen atoms in total. The van der Waals surface area contributed by atoms with Crippen molar-refractivity contribution in [1.82, 2.24) is 5.32 Å². The van der Waals surface area contributed by atoms with Crippen LogP contribution in [0.5, 0.6) is 0 Å². The SMILES string of the molecule is C=C(CNCC1(OC)CCOC1)C(=O)OCC. The van der Waals surface area contributed by atoms with Crippen LogP contribution in [0, 0.1) is 0 Å². The second kappa shape index (κ2) is 6.74. The molecule has 0 spiro atoms. The molecule has 0 aromatic rings. The van der Waals surface area contributed by atoms with Crippen molar-refractivity contribution in [3.63, 3.8) is 0 Å². The summed E-state index contributed by atoms with van der Waals surface area (Å²) in [6.07, 6.45) is 0.863. The normalized spacial score (nSPS) is 23.6. The molecule has 0 aromatic heterocycles. The summed E-state index contributed by atoms with van der Waals surface area (Å²) in [7, 11) is 1.68. The van der Waals surface area contributed by atoms with Crippen LogP contribution in [-0.4, -0.2) is 51.6 Å². The quantitative estimate of drug-likeness (QED) is 0.521. The van der Waals surface area contributed by atoms with Gasteiger partial charge in [-0.05, 0) is 6.92 Å². The standard InChI is InChI=1S/C12H21NO4/c1-4-17-11(14)10(2)7-13-8-12(15-3)5-6-16-9-12/h13H,2,4-9H2,1,3H3. The summed E-state index contributed by atoms with van der Waals surface area (Å²) in [5.74, 6) is -0.353. The van der Waals surface area contributed by atoms with E-state index in [-0.39, 0.29) is 11.6 Å². The maximum Gasteiger partial charge on any atom is 0.334 e. The first-order chi connectivity index (χ1) is 8.13. The predicted octanol–water partition coefficient (Wildman–Crippen LogP) is 0.501. The van der Waals surface area contributed by atoms with E-state index >= 15 is 0 Å². The summed E-state index contributed by atoms with van der Waals surface area (Å²) in [6.45, 7) is 8.17. The van der Waals surface area contributed by atoms with Gasteiger partial charge in [0.2, 0.25) is 0 Å². The highest BCUT2D eigenvalue weighted by Gasteiger charge is 2.34. The van der Waals surface area contributed by atoms with Gasteiger partial charge in [-0.3, -0.25) is 0 Å². The number of methoxy groups -OCH3 is 1. The lowest BCUT2D eigenvalue weighted by atomic mass is 10.0. The van der Waals surface area contributed by atoms with Crippen molar-refractivity contribution in [2.24, 2.45) is 0 Å². The third-order valence-corrected chi connectivity index (χ3v) is 2.85. The van der Waals surface area contributed by atoms with Crippen molar-refractivity contribution in [1.29, 1.82) is 0 Å². The van der Waals surface area contributed by atoms with E-state index in [1.165, 1.54) is 0 Å². The molecule has 1 saturated heterocycles. The van der Waals surface area contributed by atoms with Crippen LogP contribution in [0.2, 0.25) is 0 Å². The summed E-state index contributed by atoms with van der Waals surface area (Å²) < 4.78 is 15.6. The zero-order chi connectivity index (χ0) is 12.7. The zero-order valence-corrected chi connectivity index (χ0v) is 10.6. The second-order valence-corrected chi connectivity index (χ2v) is 4.12. The molecule has 0 bridgehead atoms. The Morgan fingerprint density at radius 3 is 2.88 bits per heavy atom. The van der Waals surface area contributed by atoms with Gasteiger partial charge in [0, 0.05) is 38.8 Å². The molecule has 1 aliphatic rings. The van der Waals surface area contributed by atoms with E-state index in [0.717, 1.165) is 6.42 Å². The number of hydrogen-bond donors (Lipinski definition) is 1. The van der Waals surface area contributed by atoms with Gasteiger partial charge >= 0.3 is 5.97 Å². The van der Waals surface area contributed by atoms with Gasteiger partial charge in [-0.25, -0.2) is 4.79 Å². The number of carbonyl (C=O) groups is 1. The highest BCUT2D eigenvalue weighted by Crippen LogP contribution is 2.21. The van der Waals surface area contributed by atoms with Crippen molar-refractivity contribution < 1.29 is 19.0 Å². The highest BCUT2D eigenvalue weighted by atomic mass is 16.5. The van der Waals surface area contributed by atoms with Gasteiger partial charge in [0.1, 0.15) is 5.60 Å². The minimum atomic E-state index is -0.353. The first kappa shape index (κ1) is 14.2. The third kappa shape index (κ3) is 4.11. The molecular weight excluding hydrogens is 222 g/mol. The van der Waals surface area contributed by atoms with Gasteiger partial charge in [0.05, 0.1) is 13.2 Å². The van der Waals surface area contributed by atoms with Crippen LogP contribution >= 0.6 is 0 Å². The van der Waals surface area contributed by atoms with Crippen molar-refractivity contribution in [3.8, 4) is 0 Å². The molecular formula is C12H21NO4. The molecule has 17 heavy (non-hydrogen) atoms. The van der Waals surface area contributed by atoms with Crippen molar-refractivity contribution >= 4 is 5.97 Å².